The monoisotopic (exact) mass is 307 g/mol. The predicted molar refractivity (Wildman–Crippen MR) is 82.3 cm³/mol. The van der Waals surface area contributed by atoms with E-state index in [9.17, 15) is 4.79 Å². The summed E-state index contributed by atoms with van der Waals surface area (Å²) in [4.78, 5) is 13.2. The largest absolute Gasteiger partial charge is 0.493 e. The minimum atomic E-state index is -0.468. The lowest BCUT2D eigenvalue weighted by Gasteiger charge is -2.12. The second-order valence-corrected chi connectivity index (χ2v) is 5.29. The Balaban J connectivity index is 2.04. The molecule has 6 heteroatoms. The van der Waals surface area contributed by atoms with Crippen molar-refractivity contribution < 1.29 is 19.0 Å². The van der Waals surface area contributed by atoms with E-state index in [0.29, 0.717) is 30.2 Å². The minimum Gasteiger partial charge on any atom is -0.493 e. The van der Waals surface area contributed by atoms with Crippen molar-refractivity contribution in [3.63, 3.8) is 0 Å². The van der Waals surface area contributed by atoms with Gasteiger partial charge in [0.2, 0.25) is 0 Å². The molecule has 0 saturated carbocycles. The van der Waals surface area contributed by atoms with E-state index in [4.69, 9.17) is 19.9 Å². The summed E-state index contributed by atoms with van der Waals surface area (Å²) in [5, 5.41) is 1.99. The van der Waals surface area contributed by atoms with E-state index in [-0.39, 0.29) is 5.56 Å². The molecular formula is C15H17NO4S. The highest BCUT2D eigenvalue weighted by molar-refractivity contribution is 7.09. The van der Waals surface area contributed by atoms with E-state index in [0.717, 1.165) is 0 Å². The number of nitrogen functional groups attached to an aromatic ring is 1. The number of anilines is 1. The van der Waals surface area contributed by atoms with Crippen LogP contribution in [0.15, 0.2) is 29.6 Å². The van der Waals surface area contributed by atoms with Crippen LogP contribution < -0.4 is 15.2 Å². The number of hydrogen-bond donors (Lipinski definition) is 1. The number of nitrogens with two attached hydrogens (primary N) is 1. The Hall–Kier alpha value is -2.21. The number of thiophene rings is 1. The average Bonchev–Trinajstić information content (AvgIpc) is 3.00. The molecule has 0 bridgehead atoms. The number of rotatable bonds is 6. The third kappa shape index (κ3) is 3.66. The summed E-state index contributed by atoms with van der Waals surface area (Å²) >= 11 is 1.63. The third-order valence-electron chi connectivity index (χ3n) is 2.94. The number of carbonyl (C=O) groups excluding carboxylic acids is 1. The first-order chi connectivity index (χ1) is 10.2. The van der Waals surface area contributed by atoms with E-state index in [1.54, 1.807) is 17.4 Å². The molecule has 0 aliphatic rings. The van der Waals surface area contributed by atoms with Crippen LogP contribution in [-0.4, -0.2) is 26.8 Å². The van der Waals surface area contributed by atoms with Crippen molar-refractivity contribution in [2.45, 2.75) is 6.42 Å². The average molecular weight is 307 g/mol. The van der Waals surface area contributed by atoms with E-state index in [2.05, 4.69) is 0 Å². The van der Waals surface area contributed by atoms with Crippen molar-refractivity contribution in [3.8, 4) is 11.5 Å². The van der Waals surface area contributed by atoms with Gasteiger partial charge in [0, 0.05) is 23.4 Å². The summed E-state index contributed by atoms with van der Waals surface area (Å²) in [5.41, 5.74) is 6.43. The maximum Gasteiger partial charge on any atom is 0.340 e. The summed E-state index contributed by atoms with van der Waals surface area (Å²) in [5.74, 6) is 0.451. The van der Waals surface area contributed by atoms with Gasteiger partial charge in [-0.25, -0.2) is 4.79 Å². The van der Waals surface area contributed by atoms with E-state index in [1.165, 1.54) is 25.2 Å². The Morgan fingerprint density at radius 2 is 1.95 bits per heavy atom. The molecule has 21 heavy (non-hydrogen) atoms. The molecule has 0 aliphatic carbocycles. The molecule has 2 N–H and O–H groups in total. The van der Waals surface area contributed by atoms with Gasteiger partial charge in [-0.3, -0.25) is 0 Å². The maximum absolute atomic E-state index is 12.1. The summed E-state index contributed by atoms with van der Waals surface area (Å²) in [6.07, 6.45) is 0.691. The number of ether oxygens (including phenoxy) is 3. The first-order valence-corrected chi connectivity index (χ1v) is 7.24. The molecule has 0 spiro atoms. The van der Waals surface area contributed by atoms with Crippen LogP contribution in [0.4, 0.5) is 5.69 Å². The Kier molecular flexibility index (Phi) is 5.05. The zero-order valence-electron chi connectivity index (χ0n) is 11.9. The van der Waals surface area contributed by atoms with Crippen LogP contribution in [0.5, 0.6) is 11.5 Å². The van der Waals surface area contributed by atoms with Gasteiger partial charge in [-0.15, -0.1) is 11.3 Å². The summed E-state index contributed by atoms with van der Waals surface area (Å²) in [6, 6.07) is 7.05. The minimum absolute atomic E-state index is 0.277. The van der Waals surface area contributed by atoms with Gasteiger partial charge in [-0.2, -0.15) is 0 Å². The third-order valence-corrected chi connectivity index (χ3v) is 3.87. The smallest absolute Gasteiger partial charge is 0.340 e. The lowest BCUT2D eigenvalue weighted by atomic mass is 10.1. The summed E-state index contributed by atoms with van der Waals surface area (Å²) in [6.45, 7) is 0.313. The fourth-order valence-corrected chi connectivity index (χ4v) is 2.54. The second-order valence-electron chi connectivity index (χ2n) is 4.26. The molecule has 0 saturated heterocycles. The molecule has 0 aliphatic heterocycles. The van der Waals surface area contributed by atoms with Gasteiger partial charge in [-0.1, -0.05) is 6.07 Å². The Bertz CT molecular complexity index is 610. The van der Waals surface area contributed by atoms with Crippen molar-refractivity contribution >= 4 is 23.0 Å². The highest BCUT2D eigenvalue weighted by Gasteiger charge is 2.16. The highest BCUT2D eigenvalue weighted by atomic mass is 32.1. The summed E-state index contributed by atoms with van der Waals surface area (Å²) < 4.78 is 15.5. The van der Waals surface area contributed by atoms with Crippen molar-refractivity contribution in [1.82, 2.24) is 0 Å². The van der Waals surface area contributed by atoms with E-state index < -0.39 is 5.97 Å². The Morgan fingerprint density at radius 3 is 2.57 bits per heavy atom. The molecule has 5 nitrogen and oxygen atoms in total. The maximum atomic E-state index is 12.1. The fourth-order valence-electron chi connectivity index (χ4n) is 1.85. The Labute approximate surface area is 127 Å². The van der Waals surface area contributed by atoms with Crippen molar-refractivity contribution in [1.29, 1.82) is 0 Å². The lowest BCUT2D eigenvalue weighted by molar-refractivity contribution is 0.0511. The van der Waals surface area contributed by atoms with Gasteiger partial charge in [0.25, 0.3) is 0 Å². The van der Waals surface area contributed by atoms with E-state index >= 15 is 0 Å². The zero-order valence-corrected chi connectivity index (χ0v) is 12.7. The normalized spacial score (nSPS) is 10.2. The molecule has 1 aromatic carbocycles. The highest BCUT2D eigenvalue weighted by Crippen LogP contribution is 2.32. The van der Waals surface area contributed by atoms with Crippen molar-refractivity contribution in [3.05, 3.63) is 40.1 Å². The van der Waals surface area contributed by atoms with Crippen LogP contribution in [0.2, 0.25) is 0 Å². The molecule has 0 amide bonds. The molecule has 1 aromatic heterocycles. The topological polar surface area (TPSA) is 70.8 Å². The van der Waals surface area contributed by atoms with Crippen molar-refractivity contribution in [2.24, 2.45) is 0 Å². The van der Waals surface area contributed by atoms with Crippen LogP contribution in [0.25, 0.3) is 0 Å². The number of methoxy groups -OCH3 is 2. The Morgan fingerprint density at radius 1 is 1.24 bits per heavy atom. The molecule has 0 radical (unpaired) electrons. The second kappa shape index (κ2) is 6.99. The van der Waals surface area contributed by atoms with Crippen LogP contribution in [0, 0.1) is 0 Å². The first kappa shape index (κ1) is 15.2. The van der Waals surface area contributed by atoms with Gasteiger partial charge < -0.3 is 19.9 Å². The standard InChI is InChI=1S/C15H17NO4S/c1-18-13-8-11(12(16)9-14(13)19-2)15(17)20-6-5-10-4-3-7-21-10/h3-4,7-9H,5-6,16H2,1-2H3. The van der Waals surface area contributed by atoms with E-state index in [1.807, 2.05) is 17.5 Å². The molecule has 1 heterocycles. The van der Waals surface area contributed by atoms with Crippen LogP contribution in [0.3, 0.4) is 0 Å². The molecule has 112 valence electrons. The quantitative estimate of drug-likeness (QED) is 0.656. The summed E-state index contributed by atoms with van der Waals surface area (Å²) in [7, 11) is 3.01. The number of carbonyl (C=O) groups is 1. The molecule has 2 rings (SSSR count). The first-order valence-electron chi connectivity index (χ1n) is 6.36. The van der Waals surface area contributed by atoms with Crippen LogP contribution in [-0.2, 0) is 11.2 Å². The molecular weight excluding hydrogens is 290 g/mol. The number of benzene rings is 1. The number of hydrogen-bond acceptors (Lipinski definition) is 6. The molecule has 0 unspecified atom stereocenters. The van der Waals surface area contributed by atoms with Gasteiger partial charge in [0.05, 0.1) is 32.1 Å². The molecule has 2 aromatic rings. The molecule has 0 fully saturated rings. The number of esters is 1. The van der Waals surface area contributed by atoms with Gasteiger partial charge in [0.15, 0.2) is 11.5 Å². The predicted octanol–water partition coefficient (Wildman–Crippen LogP) is 2.75. The van der Waals surface area contributed by atoms with Gasteiger partial charge in [-0.05, 0) is 11.4 Å². The SMILES string of the molecule is COc1cc(N)c(C(=O)OCCc2cccs2)cc1OC. The fraction of sp³-hybridized carbons (Fsp3) is 0.267. The lowest BCUT2D eigenvalue weighted by Crippen LogP contribution is -2.11. The van der Waals surface area contributed by atoms with Crippen molar-refractivity contribution in [2.75, 3.05) is 26.6 Å². The van der Waals surface area contributed by atoms with Gasteiger partial charge >= 0.3 is 5.97 Å². The van der Waals surface area contributed by atoms with Crippen LogP contribution >= 0.6 is 11.3 Å². The van der Waals surface area contributed by atoms with Crippen LogP contribution in [0.1, 0.15) is 15.2 Å². The molecule has 0 atom stereocenters. The van der Waals surface area contributed by atoms with Gasteiger partial charge in [0.1, 0.15) is 0 Å². The zero-order chi connectivity index (χ0) is 15.2.